The van der Waals surface area contributed by atoms with Crippen molar-refractivity contribution in [1.82, 2.24) is 0 Å². The highest BCUT2D eigenvalue weighted by Crippen LogP contribution is 2.22. The number of hydrogen-bond donors (Lipinski definition) is 0. The highest BCUT2D eigenvalue weighted by atomic mass is 16.5. The lowest BCUT2D eigenvalue weighted by atomic mass is 9.98. The van der Waals surface area contributed by atoms with Gasteiger partial charge < -0.3 is 9.47 Å². The molecular formula is C10H11N3O4. The highest BCUT2D eigenvalue weighted by Gasteiger charge is 2.30. The fourth-order valence-corrected chi connectivity index (χ4v) is 1.43. The normalized spacial score (nSPS) is 15.3. The van der Waals surface area contributed by atoms with Gasteiger partial charge in [0.25, 0.3) is 0 Å². The lowest BCUT2D eigenvalue weighted by Gasteiger charge is -2.16. The van der Waals surface area contributed by atoms with Crippen LogP contribution in [0, 0.1) is 0 Å². The molecule has 0 aliphatic heterocycles. The second-order valence-corrected chi connectivity index (χ2v) is 3.13. The number of ketones is 2. The minimum Gasteiger partial charge on any atom is -0.490 e. The third-order valence-electron chi connectivity index (χ3n) is 2.19. The van der Waals surface area contributed by atoms with Gasteiger partial charge in [-0.05, 0) is 18.0 Å². The van der Waals surface area contributed by atoms with E-state index in [0.717, 1.165) is 0 Å². The molecule has 1 aliphatic rings. The summed E-state index contributed by atoms with van der Waals surface area (Å²) in [6.45, 7) is 0.112. The minimum absolute atomic E-state index is 0.106. The summed E-state index contributed by atoms with van der Waals surface area (Å²) in [6, 6.07) is 0. The third kappa shape index (κ3) is 2.64. The van der Waals surface area contributed by atoms with Crippen molar-refractivity contribution < 1.29 is 19.1 Å². The molecule has 0 radical (unpaired) electrons. The van der Waals surface area contributed by atoms with Crippen LogP contribution in [0.25, 0.3) is 10.4 Å². The first-order chi connectivity index (χ1) is 8.15. The lowest BCUT2D eigenvalue weighted by Crippen LogP contribution is -2.21. The number of ether oxygens (including phenoxy) is 2. The van der Waals surface area contributed by atoms with Gasteiger partial charge >= 0.3 is 0 Å². The molecule has 0 fully saturated rings. The van der Waals surface area contributed by atoms with Crippen molar-refractivity contribution >= 4 is 11.6 Å². The summed E-state index contributed by atoms with van der Waals surface area (Å²) in [6.07, 6.45) is 1.37. The Morgan fingerprint density at radius 1 is 1.29 bits per heavy atom. The molecule has 0 aromatic rings. The zero-order valence-corrected chi connectivity index (χ0v) is 9.47. The molecule has 17 heavy (non-hydrogen) atoms. The molecule has 0 aromatic heterocycles. The summed E-state index contributed by atoms with van der Waals surface area (Å²) in [5.41, 5.74) is 8.37. The van der Waals surface area contributed by atoms with Crippen LogP contribution in [-0.4, -0.2) is 32.3 Å². The molecule has 0 atom stereocenters. The average Bonchev–Trinajstić information content (AvgIpc) is 2.32. The number of rotatable bonds is 5. The summed E-state index contributed by atoms with van der Waals surface area (Å²) in [5, 5.41) is 3.30. The van der Waals surface area contributed by atoms with E-state index in [1.165, 1.54) is 20.3 Å². The summed E-state index contributed by atoms with van der Waals surface area (Å²) >= 11 is 0. The van der Waals surface area contributed by atoms with Crippen molar-refractivity contribution in [3.05, 3.63) is 33.6 Å². The third-order valence-corrected chi connectivity index (χ3v) is 2.19. The second kappa shape index (κ2) is 5.72. The van der Waals surface area contributed by atoms with Gasteiger partial charge in [0.15, 0.2) is 0 Å². The van der Waals surface area contributed by atoms with Crippen LogP contribution in [0.1, 0.15) is 6.42 Å². The van der Waals surface area contributed by atoms with Crippen LogP contribution >= 0.6 is 0 Å². The first kappa shape index (κ1) is 12.8. The van der Waals surface area contributed by atoms with Gasteiger partial charge in [-0.3, -0.25) is 9.59 Å². The van der Waals surface area contributed by atoms with Gasteiger partial charge in [-0.2, -0.15) is 0 Å². The molecule has 0 N–H and O–H groups in total. The van der Waals surface area contributed by atoms with Gasteiger partial charge in [0, 0.05) is 17.0 Å². The Bertz CT molecular complexity index is 458. The lowest BCUT2D eigenvalue weighted by molar-refractivity contribution is -0.120. The Hall–Kier alpha value is -2.27. The van der Waals surface area contributed by atoms with Gasteiger partial charge in [-0.15, -0.1) is 0 Å². The Kier molecular flexibility index (Phi) is 4.30. The van der Waals surface area contributed by atoms with E-state index in [2.05, 4.69) is 10.0 Å². The highest BCUT2D eigenvalue weighted by molar-refractivity contribution is 6.21. The van der Waals surface area contributed by atoms with E-state index < -0.39 is 11.6 Å². The predicted octanol–water partition coefficient (Wildman–Crippen LogP) is 1.27. The van der Waals surface area contributed by atoms with Crippen molar-refractivity contribution in [3.63, 3.8) is 0 Å². The van der Waals surface area contributed by atoms with E-state index >= 15 is 0 Å². The Balaban J connectivity index is 2.96. The van der Waals surface area contributed by atoms with E-state index in [9.17, 15) is 9.59 Å². The van der Waals surface area contributed by atoms with Crippen LogP contribution in [0.5, 0.6) is 0 Å². The van der Waals surface area contributed by atoms with Gasteiger partial charge in [-0.1, -0.05) is 5.11 Å². The fraction of sp³-hybridized carbons (Fsp3) is 0.400. The van der Waals surface area contributed by atoms with Crippen molar-refractivity contribution in [2.75, 3.05) is 20.8 Å². The van der Waals surface area contributed by atoms with E-state index in [1.54, 1.807) is 0 Å². The number of nitrogens with zero attached hydrogens (tertiary/aromatic N) is 3. The number of allylic oxidation sites excluding steroid dienone is 2. The molecule has 1 rings (SSSR count). The number of Topliss-reactive ketones (excluding diaryl/α,β-unsaturated/α-hetero) is 1. The summed E-state index contributed by atoms with van der Waals surface area (Å²) in [5.74, 6) is -1.07. The molecule has 0 saturated heterocycles. The molecule has 0 heterocycles. The molecule has 0 aromatic carbocycles. The predicted molar refractivity (Wildman–Crippen MR) is 57.8 cm³/mol. The van der Waals surface area contributed by atoms with Crippen LogP contribution in [0.3, 0.4) is 0 Å². The summed E-state index contributed by atoms with van der Waals surface area (Å²) in [4.78, 5) is 26.0. The van der Waals surface area contributed by atoms with Crippen molar-refractivity contribution in [3.8, 4) is 0 Å². The van der Waals surface area contributed by atoms with Crippen LogP contribution in [0.4, 0.5) is 0 Å². The quantitative estimate of drug-likeness (QED) is 0.311. The van der Waals surface area contributed by atoms with Crippen LogP contribution < -0.4 is 0 Å². The molecule has 0 unspecified atom stereocenters. The molecule has 0 bridgehead atoms. The van der Waals surface area contributed by atoms with E-state index in [4.69, 9.17) is 15.0 Å². The molecule has 0 spiro atoms. The monoisotopic (exact) mass is 237 g/mol. The molecule has 7 heteroatoms. The zero-order chi connectivity index (χ0) is 12.8. The van der Waals surface area contributed by atoms with Crippen molar-refractivity contribution in [1.29, 1.82) is 0 Å². The maximum Gasteiger partial charge on any atom is 0.227 e. The number of methoxy groups -OCH3 is 2. The van der Waals surface area contributed by atoms with Crippen LogP contribution in [0.15, 0.2) is 28.3 Å². The first-order valence-electron chi connectivity index (χ1n) is 4.78. The van der Waals surface area contributed by atoms with Crippen molar-refractivity contribution in [2.24, 2.45) is 5.11 Å². The maximum atomic E-state index is 11.8. The van der Waals surface area contributed by atoms with E-state index in [-0.39, 0.29) is 30.1 Å². The Morgan fingerprint density at radius 2 is 1.94 bits per heavy atom. The average molecular weight is 237 g/mol. The Morgan fingerprint density at radius 3 is 2.47 bits per heavy atom. The number of carbonyl (C=O) groups is 2. The SMILES string of the molecule is COC1=C(OC)C(=O)C(CCN=[N+]=[N-])=CC1=O. The molecule has 1 aliphatic carbocycles. The Labute approximate surface area is 97.3 Å². The molecular weight excluding hydrogens is 226 g/mol. The van der Waals surface area contributed by atoms with E-state index in [0.29, 0.717) is 0 Å². The van der Waals surface area contributed by atoms with E-state index in [1.807, 2.05) is 0 Å². The number of hydrogen-bond acceptors (Lipinski definition) is 5. The van der Waals surface area contributed by atoms with Crippen LogP contribution in [0.2, 0.25) is 0 Å². The van der Waals surface area contributed by atoms with Crippen molar-refractivity contribution in [2.45, 2.75) is 6.42 Å². The number of azide groups is 1. The molecule has 90 valence electrons. The van der Waals surface area contributed by atoms with Gasteiger partial charge in [0.05, 0.1) is 14.2 Å². The molecule has 0 saturated carbocycles. The topological polar surface area (TPSA) is 101 Å². The molecule has 0 amide bonds. The summed E-state index contributed by atoms with van der Waals surface area (Å²) < 4.78 is 9.66. The first-order valence-corrected chi connectivity index (χ1v) is 4.78. The smallest absolute Gasteiger partial charge is 0.227 e. The van der Waals surface area contributed by atoms with Gasteiger partial charge in [0.1, 0.15) is 0 Å². The zero-order valence-electron chi connectivity index (χ0n) is 9.47. The maximum absolute atomic E-state index is 11.8. The van der Waals surface area contributed by atoms with Gasteiger partial charge in [-0.25, -0.2) is 0 Å². The van der Waals surface area contributed by atoms with Gasteiger partial charge in [0.2, 0.25) is 23.1 Å². The largest absolute Gasteiger partial charge is 0.490 e. The molecule has 7 nitrogen and oxygen atoms in total. The second-order valence-electron chi connectivity index (χ2n) is 3.13. The fourth-order valence-electron chi connectivity index (χ4n) is 1.43. The summed E-state index contributed by atoms with van der Waals surface area (Å²) in [7, 11) is 2.58. The number of carbonyl (C=O) groups excluding carboxylic acids is 2. The standard InChI is InChI=1S/C10H11N3O4/c1-16-9-7(14)5-6(3-4-12-13-11)8(15)10(9)17-2/h5H,3-4H2,1-2H3. The minimum atomic E-state index is -0.431. The van der Waals surface area contributed by atoms with Crippen LogP contribution in [-0.2, 0) is 19.1 Å².